The summed E-state index contributed by atoms with van der Waals surface area (Å²) in [5.41, 5.74) is 1.26. The second-order valence-corrected chi connectivity index (χ2v) is 7.65. The molecule has 2 heterocycles. The molecule has 0 spiro atoms. The van der Waals surface area contributed by atoms with Crippen LogP contribution >= 0.6 is 24.0 Å². The smallest absolute Gasteiger partial charge is 0.191 e. The first-order valence-electron chi connectivity index (χ1n) is 10.3. The Morgan fingerprint density at radius 2 is 1.85 bits per heavy atom. The van der Waals surface area contributed by atoms with Gasteiger partial charge in [-0.05, 0) is 52.6 Å². The zero-order valence-electron chi connectivity index (χ0n) is 17.1. The van der Waals surface area contributed by atoms with Crippen LogP contribution in [0.2, 0.25) is 0 Å². The molecule has 5 nitrogen and oxygen atoms in total. The Hall–Kier alpha value is -0.340. The minimum Gasteiger partial charge on any atom is -0.357 e. The number of aliphatic imine (C=N–C) groups is 1. The van der Waals surface area contributed by atoms with Crippen LogP contribution in [0.3, 0.4) is 0 Å². The lowest BCUT2D eigenvalue weighted by Crippen LogP contribution is -2.49. The summed E-state index contributed by atoms with van der Waals surface area (Å²) >= 11 is 0. The van der Waals surface area contributed by atoms with Crippen molar-refractivity contribution >= 4 is 29.9 Å². The van der Waals surface area contributed by atoms with Gasteiger partial charge in [-0.2, -0.15) is 0 Å². The molecule has 152 valence electrons. The minimum absolute atomic E-state index is 0. The van der Waals surface area contributed by atoms with Gasteiger partial charge in [0.25, 0.3) is 0 Å². The fourth-order valence-electron chi connectivity index (χ4n) is 4.01. The van der Waals surface area contributed by atoms with Crippen LogP contribution in [0.1, 0.15) is 52.9 Å². The zero-order valence-corrected chi connectivity index (χ0v) is 19.4. The van der Waals surface area contributed by atoms with E-state index >= 15 is 0 Å². The van der Waals surface area contributed by atoms with Crippen molar-refractivity contribution in [2.45, 2.75) is 65.0 Å². The van der Waals surface area contributed by atoms with Gasteiger partial charge in [-0.15, -0.1) is 24.0 Å². The van der Waals surface area contributed by atoms with Gasteiger partial charge >= 0.3 is 0 Å². The number of likely N-dealkylation sites (N-methyl/N-ethyl adjacent to an activating group) is 1. The predicted molar refractivity (Wildman–Crippen MR) is 124 cm³/mol. The summed E-state index contributed by atoms with van der Waals surface area (Å²) in [6.07, 6.45) is 6.34. The van der Waals surface area contributed by atoms with Crippen molar-refractivity contribution in [2.24, 2.45) is 4.99 Å². The quantitative estimate of drug-likeness (QED) is 0.256. The molecule has 2 saturated heterocycles. The second-order valence-electron chi connectivity index (χ2n) is 7.65. The number of halogens is 1. The van der Waals surface area contributed by atoms with Gasteiger partial charge in [0.2, 0.25) is 0 Å². The van der Waals surface area contributed by atoms with Crippen molar-refractivity contribution in [1.82, 2.24) is 20.4 Å². The molecule has 2 rings (SSSR count). The first-order chi connectivity index (χ1) is 12.1. The summed E-state index contributed by atoms with van der Waals surface area (Å²) in [5, 5.41) is 7.11. The lowest BCUT2D eigenvalue weighted by molar-refractivity contribution is 0.161. The van der Waals surface area contributed by atoms with Crippen molar-refractivity contribution < 1.29 is 0 Å². The van der Waals surface area contributed by atoms with Crippen molar-refractivity contribution in [3.05, 3.63) is 12.2 Å². The fourth-order valence-corrected chi connectivity index (χ4v) is 4.01. The van der Waals surface area contributed by atoms with Crippen molar-refractivity contribution in [2.75, 3.05) is 45.8 Å². The molecule has 0 radical (unpaired) electrons. The molecule has 1 atom stereocenters. The molecular weight excluding hydrogens is 437 g/mol. The van der Waals surface area contributed by atoms with E-state index < -0.39 is 0 Å². The SMILES string of the molecule is C=C(C)CN1CCC(NC(=NCC2CCCCN2CC)NCC)CC1.I. The van der Waals surface area contributed by atoms with Crippen LogP contribution in [-0.4, -0.2) is 73.7 Å². The average molecular weight is 477 g/mol. The Kier molecular flexibility index (Phi) is 11.8. The molecule has 0 aromatic heterocycles. The summed E-state index contributed by atoms with van der Waals surface area (Å²) in [6.45, 7) is 18.1. The molecule has 0 amide bonds. The van der Waals surface area contributed by atoms with E-state index in [9.17, 15) is 0 Å². The van der Waals surface area contributed by atoms with Crippen LogP contribution in [-0.2, 0) is 0 Å². The first kappa shape index (κ1) is 23.7. The minimum atomic E-state index is 0. The first-order valence-corrected chi connectivity index (χ1v) is 10.3. The number of nitrogens with one attached hydrogen (secondary N) is 2. The number of guanidine groups is 1. The Morgan fingerprint density at radius 3 is 2.46 bits per heavy atom. The molecule has 2 aliphatic rings. The van der Waals surface area contributed by atoms with E-state index in [1.165, 1.54) is 44.2 Å². The number of rotatable bonds is 7. The van der Waals surface area contributed by atoms with E-state index in [2.05, 4.69) is 47.8 Å². The predicted octanol–water partition coefficient (Wildman–Crippen LogP) is 3.07. The Morgan fingerprint density at radius 1 is 1.12 bits per heavy atom. The maximum Gasteiger partial charge on any atom is 0.191 e. The van der Waals surface area contributed by atoms with Crippen LogP contribution < -0.4 is 10.6 Å². The van der Waals surface area contributed by atoms with Crippen LogP contribution in [0.15, 0.2) is 17.1 Å². The van der Waals surface area contributed by atoms with Gasteiger partial charge in [0.05, 0.1) is 6.54 Å². The summed E-state index contributed by atoms with van der Waals surface area (Å²) in [7, 11) is 0. The Balaban J connectivity index is 0.00000338. The third-order valence-electron chi connectivity index (χ3n) is 5.38. The highest BCUT2D eigenvalue weighted by Crippen LogP contribution is 2.17. The molecule has 2 N–H and O–H groups in total. The summed E-state index contributed by atoms with van der Waals surface area (Å²) in [6, 6.07) is 1.15. The topological polar surface area (TPSA) is 42.9 Å². The summed E-state index contributed by atoms with van der Waals surface area (Å²) in [5.74, 6) is 1.00. The molecule has 2 fully saturated rings. The molecular formula is C20H40IN5. The van der Waals surface area contributed by atoms with Gasteiger partial charge in [0.1, 0.15) is 0 Å². The highest BCUT2D eigenvalue weighted by molar-refractivity contribution is 14.0. The summed E-state index contributed by atoms with van der Waals surface area (Å²) in [4.78, 5) is 10.0. The zero-order chi connectivity index (χ0) is 18.1. The summed E-state index contributed by atoms with van der Waals surface area (Å²) < 4.78 is 0. The fraction of sp³-hybridized carbons (Fsp3) is 0.850. The molecule has 0 aliphatic carbocycles. The van der Waals surface area contributed by atoms with E-state index in [1.807, 2.05) is 0 Å². The maximum atomic E-state index is 4.92. The normalized spacial score (nSPS) is 23.3. The van der Waals surface area contributed by atoms with Gasteiger partial charge in [0, 0.05) is 38.3 Å². The van der Waals surface area contributed by atoms with Crippen molar-refractivity contribution in [3.63, 3.8) is 0 Å². The average Bonchev–Trinajstić information content (AvgIpc) is 2.61. The van der Waals surface area contributed by atoms with Crippen LogP contribution in [0.4, 0.5) is 0 Å². The van der Waals surface area contributed by atoms with E-state index in [0.29, 0.717) is 12.1 Å². The lowest BCUT2D eigenvalue weighted by atomic mass is 10.0. The number of hydrogen-bond donors (Lipinski definition) is 2. The number of hydrogen-bond acceptors (Lipinski definition) is 3. The Labute approximate surface area is 178 Å². The van der Waals surface area contributed by atoms with Crippen LogP contribution in [0.5, 0.6) is 0 Å². The lowest BCUT2D eigenvalue weighted by Gasteiger charge is -2.35. The third-order valence-corrected chi connectivity index (χ3v) is 5.38. The Bertz CT molecular complexity index is 432. The molecule has 0 saturated carbocycles. The molecule has 0 aromatic rings. The molecule has 6 heteroatoms. The van der Waals surface area contributed by atoms with Crippen molar-refractivity contribution in [1.29, 1.82) is 0 Å². The van der Waals surface area contributed by atoms with Gasteiger partial charge in [-0.25, -0.2) is 0 Å². The molecule has 0 aromatic carbocycles. The van der Waals surface area contributed by atoms with Gasteiger partial charge in [-0.1, -0.05) is 25.5 Å². The van der Waals surface area contributed by atoms with Crippen LogP contribution in [0, 0.1) is 0 Å². The molecule has 0 bridgehead atoms. The van der Waals surface area contributed by atoms with Gasteiger partial charge in [-0.3, -0.25) is 14.8 Å². The second kappa shape index (κ2) is 12.9. The number of nitrogens with zero attached hydrogens (tertiary/aromatic N) is 3. The van der Waals surface area contributed by atoms with E-state index in [4.69, 9.17) is 4.99 Å². The molecule has 1 unspecified atom stereocenters. The standard InChI is InChI=1S/C20H39N5.HI/c1-5-21-20(22-15-19-9-7-8-12-25(19)6-2)23-18-10-13-24(14-11-18)16-17(3)4;/h18-19H,3,5-16H2,1-2,4H3,(H2,21,22,23);1H. The monoisotopic (exact) mass is 477 g/mol. The largest absolute Gasteiger partial charge is 0.357 e. The molecule has 26 heavy (non-hydrogen) atoms. The molecule has 2 aliphatic heterocycles. The van der Waals surface area contributed by atoms with Crippen LogP contribution in [0.25, 0.3) is 0 Å². The van der Waals surface area contributed by atoms with E-state index in [-0.39, 0.29) is 24.0 Å². The maximum absolute atomic E-state index is 4.92. The van der Waals surface area contributed by atoms with E-state index in [1.54, 1.807) is 0 Å². The van der Waals surface area contributed by atoms with E-state index in [0.717, 1.165) is 45.2 Å². The highest BCUT2D eigenvalue weighted by Gasteiger charge is 2.22. The van der Waals surface area contributed by atoms with Crippen molar-refractivity contribution in [3.8, 4) is 0 Å². The number of likely N-dealkylation sites (tertiary alicyclic amines) is 2. The van der Waals surface area contributed by atoms with Gasteiger partial charge in [0.15, 0.2) is 5.96 Å². The number of piperidine rings is 2. The van der Waals surface area contributed by atoms with Gasteiger partial charge < -0.3 is 10.6 Å². The third kappa shape index (κ3) is 8.13. The highest BCUT2D eigenvalue weighted by atomic mass is 127.